The van der Waals surface area contributed by atoms with Gasteiger partial charge in [0, 0.05) is 39.5 Å². The molecule has 0 aliphatic carbocycles. The first kappa shape index (κ1) is 39.4. The molecule has 4 aromatic heterocycles. The average molecular weight is 1020 g/mol. The van der Waals surface area contributed by atoms with Gasteiger partial charge in [0.05, 0.1) is 55.4 Å². The first-order valence-electron chi connectivity index (χ1n) is 30.6. The van der Waals surface area contributed by atoms with Crippen LogP contribution in [0.1, 0.15) is 90.0 Å². The van der Waals surface area contributed by atoms with E-state index in [-0.39, 0.29) is 39.8 Å². The molecule has 6 heteroatoms. The maximum Gasteiger partial charge on any atom is 0.269 e. The minimum Gasteiger partial charge on any atom is -0.458 e. The molecule has 1 aliphatic rings. The van der Waals surface area contributed by atoms with E-state index in [1.807, 2.05) is 88.1 Å². The molecule has 0 atom stereocenters. The molecule has 13 aromatic rings. The van der Waals surface area contributed by atoms with E-state index in [1.54, 1.807) is 0 Å². The second-order valence-electron chi connectivity index (χ2n) is 23.7. The number of ether oxygens (including phenoxy) is 1. The van der Waals surface area contributed by atoms with Gasteiger partial charge >= 0.3 is 0 Å². The predicted octanol–water partition coefficient (Wildman–Crippen LogP) is 18.3. The molecule has 6 nitrogen and oxygen atoms in total. The van der Waals surface area contributed by atoms with Crippen molar-refractivity contribution >= 4 is 54.6 Å². The molecule has 0 fully saturated rings. The lowest BCUT2D eigenvalue weighted by Gasteiger charge is -2.30. The van der Waals surface area contributed by atoms with Gasteiger partial charge in [-0.2, -0.15) is 0 Å². The van der Waals surface area contributed by atoms with Crippen LogP contribution in [-0.4, -0.2) is 18.7 Å². The van der Waals surface area contributed by atoms with Gasteiger partial charge in [0.15, 0.2) is 0 Å². The molecule has 1 aliphatic heterocycles. The normalized spacial score (nSPS) is 14.1. The Kier molecular flexibility index (Phi) is 8.71. The van der Waals surface area contributed by atoms with Gasteiger partial charge in [-0.15, -0.1) is 0 Å². The minimum absolute atomic E-state index is 0.0164. The Labute approximate surface area is 467 Å². The third-order valence-electron chi connectivity index (χ3n) is 15.5. The summed E-state index contributed by atoms with van der Waals surface area (Å²) >= 11 is 0. The number of para-hydroxylation sites is 3. The van der Waals surface area contributed by atoms with Crippen LogP contribution >= 0.6 is 0 Å². The van der Waals surface area contributed by atoms with Gasteiger partial charge in [0.1, 0.15) is 17.3 Å². The van der Waals surface area contributed by atoms with E-state index >= 15 is 0 Å². The third-order valence-corrected chi connectivity index (χ3v) is 15.5. The van der Waals surface area contributed by atoms with Crippen molar-refractivity contribution in [1.82, 2.24) is 18.7 Å². The molecule has 0 saturated heterocycles. The third kappa shape index (κ3) is 7.52. The lowest BCUT2D eigenvalue weighted by molar-refractivity contribution is -0.572. The van der Waals surface area contributed by atoms with Gasteiger partial charge in [-0.05, 0) is 139 Å². The quantitative estimate of drug-likeness (QED) is 0.127. The first-order chi connectivity index (χ1) is 40.9. The highest BCUT2D eigenvalue weighted by Crippen LogP contribution is 2.48. The van der Waals surface area contributed by atoms with E-state index < -0.39 is 47.1 Å². The van der Waals surface area contributed by atoms with Crippen LogP contribution in [0, 0.1) is 6.33 Å². The van der Waals surface area contributed by atoms with Crippen molar-refractivity contribution in [3.63, 3.8) is 0 Å². The zero-order chi connectivity index (χ0) is 60.4. The first-order valence-corrected chi connectivity index (χ1v) is 26.6. The van der Waals surface area contributed by atoms with Crippen LogP contribution in [0.2, 0.25) is 0 Å². The van der Waals surface area contributed by atoms with Crippen molar-refractivity contribution in [2.75, 3.05) is 0 Å². The summed E-state index contributed by atoms with van der Waals surface area (Å²) in [6, 6.07) is 47.6. The fourth-order valence-corrected chi connectivity index (χ4v) is 11.7. The van der Waals surface area contributed by atoms with Crippen molar-refractivity contribution in [3.8, 4) is 67.8 Å². The lowest BCUT2D eigenvalue weighted by atomic mass is 9.77. The average Bonchev–Trinajstić information content (AvgIpc) is 1.49. The van der Waals surface area contributed by atoms with Crippen LogP contribution in [0.25, 0.3) is 111 Å². The van der Waals surface area contributed by atoms with E-state index in [9.17, 15) is 11.0 Å². The van der Waals surface area contributed by atoms with Crippen LogP contribution < -0.4 is 9.30 Å². The van der Waals surface area contributed by atoms with Gasteiger partial charge in [-0.25, -0.2) is 4.98 Å². The van der Waals surface area contributed by atoms with Crippen molar-refractivity contribution in [1.29, 1.82) is 0 Å². The lowest BCUT2D eigenvalue weighted by Crippen LogP contribution is -2.35. The van der Waals surface area contributed by atoms with Crippen LogP contribution in [0.4, 0.5) is 0 Å². The number of benzene rings is 9. The molecule has 14 rings (SSSR count). The number of pyridine rings is 1. The molecule has 5 heterocycles. The molecule has 78 heavy (non-hydrogen) atoms. The maximum absolute atomic E-state index is 10.1. The molecule has 0 unspecified atom stereocenters. The number of aromatic nitrogens is 5. The Morgan fingerprint density at radius 1 is 0.449 bits per heavy atom. The molecule has 0 radical (unpaired) electrons. The topological polar surface area (TPSA) is 40.8 Å². The SMILES string of the molecule is [2H]c1c([2H])c([2H])c2c(c1[2H])-c1cc(C(C)(C)C)cc(C(C)(C)C)c1-[n+]1[c-]n(-c3cccc(Oc4ccc5c6ccccc6n(-c6cc(C(C)(C)C)ccn6)c5c4)c3)c3cc(-n4c5ccccc5c5ccccc54)cc(c31)-c1c([2H])c([2H])c([2H])c([2H])c1-2. The summed E-state index contributed by atoms with van der Waals surface area (Å²) in [7, 11) is 0. The van der Waals surface area contributed by atoms with E-state index in [1.165, 1.54) is 5.56 Å². The highest BCUT2D eigenvalue weighted by atomic mass is 16.5. The van der Waals surface area contributed by atoms with Crippen molar-refractivity contribution in [2.24, 2.45) is 0 Å². The second kappa shape index (κ2) is 17.3. The molecule has 0 spiro atoms. The summed E-state index contributed by atoms with van der Waals surface area (Å²) in [6.07, 6.45) is 5.72. The fraction of sp³-hybridized carbons (Fsp3) is 0.167. The molecule has 0 saturated carbocycles. The zero-order valence-electron chi connectivity index (χ0n) is 53.2. The standard InChI is InChI=1S/C72H61N5O/c1-70(2,3)45-35-36-73-67(39-45)77-64-32-19-16-29-57(64)58-34-33-50(43-65(58)77)78-49-22-20-21-47(40-49)74-44-75-68-59(37-46(71(4,5)6)38-61(68)72(7,8)9)53-25-12-10-23-51(53)52-24-11-13-26-54(52)60-41-48(42-66(74)69(60)75)76-62-30-17-14-27-55(62)56-28-15-18-31-63(56)76/h10-43H,1-9H3/i10D,11D,12D,13D,23D,24D,25D,26D. The largest absolute Gasteiger partial charge is 0.458 e. The minimum atomic E-state index is -0.605. The number of fused-ring (bicyclic) bond motifs is 13. The van der Waals surface area contributed by atoms with Crippen LogP contribution in [0.5, 0.6) is 11.5 Å². The second-order valence-corrected chi connectivity index (χ2v) is 23.7. The van der Waals surface area contributed by atoms with E-state index in [2.05, 4.69) is 157 Å². The van der Waals surface area contributed by atoms with Crippen LogP contribution in [0.3, 0.4) is 0 Å². The Morgan fingerprint density at radius 3 is 1.63 bits per heavy atom. The van der Waals surface area contributed by atoms with E-state index in [0.717, 1.165) is 60.6 Å². The van der Waals surface area contributed by atoms with Crippen LogP contribution in [-0.2, 0) is 16.2 Å². The van der Waals surface area contributed by atoms with E-state index in [4.69, 9.17) is 9.72 Å². The Bertz CT molecular complexity index is 5030. The molecule has 0 amide bonds. The van der Waals surface area contributed by atoms with Gasteiger partial charge < -0.3 is 9.30 Å². The molecule has 380 valence electrons. The Balaban J connectivity index is 1.10. The van der Waals surface area contributed by atoms with Gasteiger partial charge in [-0.1, -0.05) is 183 Å². The van der Waals surface area contributed by atoms with Crippen molar-refractivity contribution < 1.29 is 20.3 Å². The smallest absolute Gasteiger partial charge is 0.269 e. The summed E-state index contributed by atoms with van der Waals surface area (Å²) in [5, 5.41) is 4.18. The molecular weight excluding hydrogens is 951 g/mol. The summed E-state index contributed by atoms with van der Waals surface area (Å²) in [5.74, 6) is 1.94. The number of hydrogen-bond acceptors (Lipinski definition) is 2. The molecular formula is C72H61N5O. The van der Waals surface area contributed by atoms with Gasteiger partial charge in [0.2, 0.25) is 0 Å². The van der Waals surface area contributed by atoms with Crippen molar-refractivity contribution in [3.05, 3.63) is 229 Å². The summed E-state index contributed by atoms with van der Waals surface area (Å²) in [5.41, 5.74) is 9.64. The molecule has 0 bridgehead atoms. The fourth-order valence-electron chi connectivity index (χ4n) is 11.7. The highest BCUT2D eigenvalue weighted by molar-refractivity contribution is 6.11. The summed E-state index contributed by atoms with van der Waals surface area (Å²) in [6.45, 7) is 19.3. The zero-order valence-corrected chi connectivity index (χ0v) is 45.2. The number of hydrogen-bond donors (Lipinski definition) is 0. The monoisotopic (exact) mass is 1020 g/mol. The maximum atomic E-state index is 10.1. The molecule has 0 N–H and O–H groups in total. The van der Waals surface area contributed by atoms with Gasteiger partial charge in [0.25, 0.3) is 6.33 Å². The summed E-state index contributed by atoms with van der Waals surface area (Å²) < 4.78 is 92.4. The number of nitrogens with zero attached hydrogens (tertiary/aromatic N) is 5. The highest BCUT2D eigenvalue weighted by Gasteiger charge is 2.32. The predicted molar refractivity (Wildman–Crippen MR) is 323 cm³/mol. The Morgan fingerprint density at radius 2 is 1.01 bits per heavy atom. The van der Waals surface area contributed by atoms with Crippen LogP contribution in [0.15, 0.2) is 206 Å². The number of rotatable bonds is 5. The molecule has 9 aromatic carbocycles. The summed E-state index contributed by atoms with van der Waals surface area (Å²) in [4.78, 5) is 4.91. The van der Waals surface area contributed by atoms with Gasteiger partial charge in [-0.3, -0.25) is 13.7 Å². The van der Waals surface area contributed by atoms with E-state index in [0.29, 0.717) is 50.7 Å². The van der Waals surface area contributed by atoms with Crippen molar-refractivity contribution in [2.45, 2.75) is 78.6 Å². The number of imidazole rings is 1. The Hall–Kier alpha value is -9.00.